The molecule has 2 aromatic carbocycles. The third-order valence-electron chi connectivity index (χ3n) is 4.18. The van der Waals surface area contributed by atoms with Crippen LogP contribution in [0.3, 0.4) is 0 Å². The Morgan fingerprint density at radius 1 is 1.09 bits per heavy atom. The molecule has 0 aliphatic heterocycles. The lowest BCUT2D eigenvalue weighted by atomic mass is 9.92. The number of aryl methyl sites for hydroxylation is 2. The molecule has 2 heteroatoms. The van der Waals surface area contributed by atoms with Gasteiger partial charge in [0, 0.05) is 12.3 Å². The zero-order chi connectivity index (χ0) is 15.9. The van der Waals surface area contributed by atoms with Gasteiger partial charge in [-0.25, -0.2) is 0 Å². The highest BCUT2D eigenvalue weighted by molar-refractivity contribution is 5.81. The third kappa shape index (κ3) is 4.54. The molecule has 0 amide bonds. The largest absolute Gasteiger partial charge is 0.392 e. The normalized spacial score (nSPS) is 12.1. The number of hydrogen-bond acceptors (Lipinski definition) is 2. The van der Waals surface area contributed by atoms with Gasteiger partial charge in [0.25, 0.3) is 0 Å². The lowest BCUT2D eigenvalue weighted by Crippen LogP contribution is -2.14. The van der Waals surface area contributed by atoms with Gasteiger partial charge in [0.1, 0.15) is 5.78 Å². The van der Waals surface area contributed by atoms with E-state index in [4.69, 9.17) is 0 Å². The van der Waals surface area contributed by atoms with E-state index in [2.05, 4.69) is 18.2 Å². The SMILES string of the molecule is Cc1ccc(CC(C)C(=O)CCc2ccccc2)cc1CO. The van der Waals surface area contributed by atoms with Crippen molar-refractivity contribution in [2.75, 3.05) is 0 Å². The van der Waals surface area contributed by atoms with Crippen LogP contribution in [-0.2, 0) is 24.2 Å². The molecule has 0 saturated heterocycles. The van der Waals surface area contributed by atoms with Gasteiger partial charge in [-0.2, -0.15) is 0 Å². The maximum atomic E-state index is 12.3. The van der Waals surface area contributed by atoms with Crippen LogP contribution in [0.2, 0.25) is 0 Å². The quantitative estimate of drug-likeness (QED) is 0.842. The minimum absolute atomic E-state index is 0.0120. The maximum Gasteiger partial charge on any atom is 0.136 e. The number of hydrogen-bond donors (Lipinski definition) is 1. The first-order valence-corrected chi connectivity index (χ1v) is 7.86. The minimum Gasteiger partial charge on any atom is -0.392 e. The Morgan fingerprint density at radius 3 is 2.50 bits per heavy atom. The average molecular weight is 296 g/mol. The summed E-state index contributed by atoms with van der Waals surface area (Å²) in [5.41, 5.74) is 4.37. The second kappa shape index (κ2) is 7.90. The number of aliphatic hydroxyl groups excluding tert-OH is 1. The van der Waals surface area contributed by atoms with Crippen LogP contribution in [0.15, 0.2) is 48.5 Å². The number of rotatable bonds is 7. The van der Waals surface area contributed by atoms with Crippen LogP contribution in [0.1, 0.15) is 35.6 Å². The van der Waals surface area contributed by atoms with Gasteiger partial charge in [-0.3, -0.25) is 4.79 Å². The Kier molecular flexibility index (Phi) is 5.91. The van der Waals surface area contributed by atoms with Crippen LogP contribution in [0.5, 0.6) is 0 Å². The van der Waals surface area contributed by atoms with Crippen LogP contribution in [0.4, 0.5) is 0 Å². The van der Waals surface area contributed by atoms with E-state index in [1.165, 1.54) is 5.56 Å². The average Bonchev–Trinajstić information content (AvgIpc) is 2.55. The van der Waals surface area contributed by atoms with Crippen molar-refractivity contribution >= 4 is 5.78 Å². The summed E-state index contributed by atoms with van der Waals surface area (Å²) < 4.78 is 0. The van der Waals surface area contributed by atoms with Crippen LogP contribution >= 0.6 is 0 Å². The van der Waals surface area contributed by atoms with Crippen LogP contribution < -0.4 is 0 Å². The van der Waals surface area contributed by atoms with E-state index in [9.17, 15) is 9.90 Å². The summed E-state index contributed by atoms with van der Waals surface area (Å²) in [6, 6.07) is 16.2. The molecule has 0 fully saturated rings. The predicted molar refractivity (Wildman–Crippen MR) is 89.7 cm³/mol. The van der Waals surface area contributed by atoms with Crippen molar-refractivity contribution in [3.05, 3.63) is 70.8 Å². The summed E-state index contributed by atoms with van der Waals surface area (Å²) in [6.45, 7) is 4.03. The monoisotopic (exact) mass is 296 g/mol. The summed E-state index contributed by atoms with van der Waals surface area (Å²) in [5, 5.41) is 9.33. The molecule has 1 N–H and O–H groups in total. The van der Waals surface area contributed by atoms with E-state index in [0.29, 0.717) is 12.2 Å². The molecule has 0 heterocycles. The molecule has 1 unspecified atom stereocenters. The fourth-order valence-corrected chi connectivity index (χ4v) is 2.65. The summed E-state index contributed by atoms with van der Waals surface area (Å²) >= 11 is 0. The molecule has 0 saturated carbocycles. The van der Waals surface area contributed by atoms with Gasteiger partial charge in [-0.1, -0.05) is 55.5 Å². The summed E-state index contributed by atoms with van der Waals surface area (Å²) in [7, 11) is 0. The standard InChI is InChI=1S/C20H24O2/c1-15-8-9-18(13-19(15)14-21)12-16(2)20(22)11-10-17-6-4-3-5-7-17/h3-9,13,16,21H,10-12,14H2,1-2H3. The number of carbonyl (C=O) groups excluding carboxylic acids is 1. The molecule has 0 radical (unpaired) electrons. The first-order valence-electron chi connectivity index (χ1n) is 7.86. The highest BCUT2D eigenvalue weighted by Gasteiger charge is 2.14. The second-order valence-corrected chi connectivity index (χ2v) is 5.98. The zero-order valence-corrected chi connectivity index (χ0v) is 13.4. The van der Waals surface area contributed by atoms with Gasteiger partial charge in [-0.05, 0) is 42.0 Å². The van der Waals surface area contributed by atoms with Gasteiger partial charge in [0.05, 0.1) is 6.61 Å². The Bertz CT molecular complexity index is 617. The van der Waals surface area contributed by atoms with Gasteiger partial charge in [-0.15, -0.1) is 0 Å². The lowest BCUT2D eigenvalue weighted by Gasteiger charge is -2.12. The van der Waals surface area contributed by atoms with Crippen molar-refractivity contribution in [2.24, 2.45) is 5.92 Å². The molecule has 22 heavy (non-hydrogen) atoms. The van der Waals surface area contributed by atoms with E-state index in [1.54, 1.807) is 0 Å². The molecule has 2 rings (SSSR count). The van der Waals surface area contributed by atoms with Crippen LogP contribution in [0.25, 0.3) is 0 Å². The van der Waals surface area contributed by atoms with Crippen LogP contribution in [0, 0.1) is 12.8 Å². The molecule has 0 aliphatic carbocycles. The number of carbonyl (C=O) groups is 1. The molecular formula is C20H24O2. The summed E-state index contributed by atoms with van der Waals surface area (Å²) in [6.07, 6.45) is 2.13. The Hall–Kier alpha value is -1.93. The third-order valence-corrected chi connectivity index (χ3v) is 4.18. The lowest BCUT2D eigenvalue weighted by molar-refractivity contribution is -0.122. The van der Waals surface area contributed by atoms with Gasteiger partial charge in [0.15, 0.2) is 0 Å². The second-order valence-electron chi connectivity index (χ2n) is 5.98. The minimum atomic E-state index is 0.0120. The number of aliphatic hydroxyl groups is 1. The van der Waals surface area contributed by atoms with E-state index >= 15 is 0 Å². The van der Waals surface area contributed by atoms with E-state index < -0.39 is 0 Å². The van der Waals surface area contributed by atoms with Crippen molar-refractivity contribution in [3.8, 4) is 0 Å². The Morgan fingerprint density at radius 2 is 1.82 bits per heavy atom. The fourth-order valence-electron chi connectivity index (χ4n) is 2.65. The van der Waals surface area contributed by atoms with Crippen molar-refractivity contribution in [3.63, 3.8) is 0 Å². The molecule has 116 valence electrons. The predicted octanol–water partition coefficient (Wildman–Crippen LogP) is 3.87. The highest BCUT2D eigenvalue weighted by Crippen LogP contribution is 2.17. The molecule has 2 aromatic rings. The molecule has 0 aliphatic rings. The number of benzene rings is 2. The zero-order valence-electron chi connectivity index (χ0n) is 13.4. The van der Waals surface area contributed by atoms with Gasteiger partial charge >= 0.3 is 0 Å². The topological polar surface area (TPSA) is 37.3 Å². The first kappa shape index (κ1) is 16.4. The summed E-state index contributed by atoms with van der Waals surface area (Å²) in [5.74, 6) is 0.313. The highest BCUT2D eigenvalue weighted by atomic mass is 16.3. The van der Waals surface area contributed by atoms with Crippen molar-refractivity contribution in [1.29, 1.82) is 0 Å². The number of Topliss-reactive ketones (excluding diaryl/α,β-unsaturated/α-hetero) is 1. The van der Waals surface area contributed by atoms with E-state index in [0.717, 1.165) is 29.5 Å². The number of ketones is 1. The molecule has 0 spiro atoms. The van der Waals surface area contributed by atoms with Crippen molar-refractivity contribution in [1.82, 2.24) is 0 Å². The fraction of sp³-hybridized carbons (Fsp3) is 0.350. The molecule has 0 bridgehead atoms. The van der Waals surface area contributed by atoms with Crippen molar-refractivity contribution < 1.29 is 9.90 Å². The Labute approximate surface area is 132 Å². The van der Waals surface area contributed by atoms with Crippen LogP contribution in [-0.4, -0.2) is 10.9 Å². The van der Waals surface area contributed by atoms with Gasteiger partial charge in [0.2, 0.25) is 0 Å². The molecule has 0 aromatic heterocycles. The Balaban J connectivity index is 1.91. The van der Waals surface area contributed by atoms with Crippen molar-refractivity contribution in [2.45, 2.75) is 39.7 Å². The molecular weight excluding hydrogens is 272 g/mol. The summed E-state index contributed by atoms with van der Waals surface area (Å²) in [4.78, 5) is 12.3. The van der Waals surface area contributed by atoms with Gasteiger partial charge < -0.3 is 5.11 Å². The maximum absolute atomic E-state index is 12.3. The molecule has 2 nitrogen and oxygen atoms in total. The first-order chi connectivity index (χ1) is 10.6. The van der Waals surface area contributed by atoms with E-state index in [1.807, 2.05) is 44.2 Å². The van der Waals surface area contributed by atoms with E-state index in [-0.39, 0.29) is 12.5 Å². The molecule has 1 atom stereocenters. The smallest absolute Gasteiger partial charge is 0.136 e.